The zero-order valence-electron chi connectivity index (χ0n) is 15.4. The SMILES string of the molecule is CC[C@H](CNC(=O)[C@H](C)OC(=O)c1cc(C)ccc1O)c1ccccc1. The van der Waals surface area contributed by atoms with Gasteiger partial charge in [-0.1, -0.05) is 48.9 Å². The van der Waals surface area contributed by atoms with Gasteiger partial charge < -0.3 is 15.2 Å². The van der Waals surface area contributed by atoms with Crippen molar-refractivity contribution < 1.29 is 19.4 Å². The van der Waals surface area contributed by atoms with E-state index in [1.54, 1.807) is 13.0 Å². The fourth-order valence-electron chi connectivity index (χ4n) is 2.68. The standard InChI is InChI=1S/C21H25NO4/c1-4-16(17-8-6-5-7-9-17)13-22-20(24)15(3)26-21(25)18-12-14(2)10-11-19(18)23/h5-12,15-16,23H,4,13H2,1-3H3,(H,22,24)/t15-,16+/m0/s1. The van der Waals surface area contributed by atoms with Gasteiger partial charge in [-0.25, -0.2) is 4.79 Å². The van der Waals surface area contributed by atoms with E-state index in [1.807, 2.05) is 30.3 Å². The number of carbonyl (C=O) groups excluding carboxylic acids is 2. The number of nitrogens with one attached hydrogen (secondary N) is 1. The molecule has 0 bridgehead atoms. The molecule has 138 valence electrons. The second-order valence-corrected chi connectivity index (χ2v) is 6.33. The van der Waals surface area contributed by atoms with E-state index in [2.05, 4.69) is 12.2 Å². The highest BCUT2D eigenvalue weighted by atomic mass is 16.5. The molecule has 2 aromatic carbocycles. The van der Waals surface area contributed by atoms with E-state index in [1.165, 1.54) is 19.1 Å². The Morgan fingerprint density at radius 1 is 1.15 bits per heavy atom. The zero-order valence-corrected chi connectivity index (χ0v) is 15.4. The first-order valence-electron chi connectivity index (χ1n) is 8.75. The predicted molar refractivity (Wildman–Crippen MR) is 100 cm³/mol. The van der Waals surface area contributed by atoms with E-state index >= 15 is 0 Å². The first kappa shape index (κ1) is 19.5. The normalized spacial score (nSPS) is 12.9. The van der Waals surface area contributed by atoms with Crippen molar-refractivity contribution in [2.75, 3.05) is 6.54 Å². The van der Waals surface area contributed by atoms with Crippen LogP contribution in [-0.2, 0) is 9.53 Å². The Hall–Kier alpha value is -2.82. The second kappa shape index (κ2) is 9.04. The predicted octanol–water partition coefficient (Wildman–Crippen LogP) is 3.56. The molecule has 0 aliphatic heterocycles. The van der Waals surface area contributed by atoms with Gasteiger partial charge in [0.05, 0.1) is 0 Å². The Kier molecular flexibility index (Phi) is 6.78. The van der Waals surface area contributed by atoms with Gasteiger partial charge in [0, 0.05) is 12.5 Å². The van der Waals surface area contributed by atoms with E-state index < -0.39 is 12.1 Å². The van der Waals surface area contributed by atoms with Crippen LogP contribution in [0.2, 0.25) is 0 Å². The third-order valence-corrected chi connectivity index (χ3v) is 4.31. The van der Waals surface area contributed by atoms with Crippen LogP contribution in [0.5, 0.6) is 5.75 Å². The summed E-state index contributed by atoms with van der Waals surface area (Å²) in [7, 11) is 0. The molecule has 0 fully saturated rings. The van der Waals surface area contributed by atoms with E-state index in [9.17, 15) is 14.7 Å². The van der Waals surface area contributed by atoms with Gasteiger partial charge in [0.2, 0.25) is 0 Å². The van der Waals surface area contributed by atoms with Crippen molar-refractivity contribution in [3.05, 3.63) is 65.2 Å². The van der Waals surface area contributed by atoms with Gasteiger partial charge in [0.15, 0.2) is 6.10 Å². The Labute approximate surface area is 154 Å². The minimum absolute atomic E-state index is 0.0559. The molecule has 2 atom stereocenters. The van der Waals surface area contributed by atoms with Gasteiger partial charge >= 0.3 is 5.97 Å². The summed E-state index contributed by atoms with van der Waals surface area (Å²) in [6.45, 7) is 5.86. The Balaban J connectivity index is 1.92. The summed E-state index contributed by atoms with van der Waals surface area (Å²) in [6, 6.07) is 14.6. The zero-order chi connectivity index (χ0) is 19.1. The number of aromatic hydroxyl groups is 1. The molecule has 5 heteroatoms. The topological polar surface area (TPSA) is 75.6 Å². The molecule has 2 rings (SSSR count). The van der Waals surface area contributed by atoms with E-state index in [0.717, 1.165) is 17.5 Å². The number of phenolic OH excluding ortho intramolecular Hbond substituents is 1. The van der Waals surface area contributed by atoms with Crippen molar-refractivity contribution in [1.29, 1.82) is 0 Å². The molecule has 0 unspecified atom stereocenters. The molecule has 0 aliphatic rings. The third kappa shape index (κ3) is 5.09. The summed E-state index contributed by atoms with van der Waals surface area (Å²) in [4.78, 5) is 24.4. The first-order chi connectivity index (χ1) is 12.4. The van der Waals surface area contributed by atoms with Crippen molar-refractivity contribution in [2.24, 2.45) is 0 Å². The van der Waals surface area contributed by atoms with Crippen molar-refractivity contribution in [3.63, 3.8) is 0 Å². The summed E-state index contributed by atoms with van der Waals surface area (Å²) >= 11 is 0. The van der Waals surface area contributed by atoms with Crippen LogP contribution in [0.15, 0.2) is 48.5 Å². The fraction of sp³-hybridized carbons (Fsp3) is 0.333. The largest absolute Gasteiger partial charge is 0.507 e. The van der Waals surface area contributed by atoms with E-state index in [0.29, 0.717) is 6.54 Å². The lowest BCUT2D eigenvalue weighted by molar-refractivity contribution is -0.129. The molecule has 0 radical (unpaired) electrons. The monoisotopic (exact) mass is 355 g/mol. The van der Waals surface area contributed by atoms with Crippen LogP contribution >= 0.6 is 0 Å². The number of ether oxygens (including phenoxy) is 1. The fourth-order valence-corrected chi connectivity index (χ4v) is 2.68. The van der Waals surface area contributed by atoms with Crippen molar-refractivity contribution >= 4 is 11.9 Å². The lowest BCUT2D eigenvalue weighted by Gasteiger charge is -2.18. The van der Waals surface area contributed by atoms with E-state index in [4.69, 9.17) is 4.74 Å². The average Bonchev–Trinajstić information content (AvgIpc) is 2.64. The number of esters is 1. The van der Waals surface area contributed by atoms with Gasteiger partial charge in [-0.3, -0.25) is 4.79 Å². The molecule has 0 spiro atoms. The molecular weight excluding hydrogens is 330 g/mol. The Bertz CT molecular complexity index is 758. The summed E-state index contributed by atoms with van der Waals surface area (Å²) in [5.41, 5.74) is 2.03. The first-order valence-corrected chi connectivity index (χ1v) is 8.75. The van der Waals surface area contributed by atoms with E-state index in [-0.39, 0.29) is 23.1 Å². The van der Waals surface area contributed by atoms with Gasteiger partial charge in [-0.2, -0.15) is 0 Å². The lowest BCUT2D eigenvalue weighted by Crippen LogP contribution is -2.38. The maximum Gasteiger partial charge on any atom is 0.342 e. The number of aryl methyl sites for hydroxylation is 1. The molecule has 0 aliphatic carbocycles. The van der Waals surface area contributed by atoms with Crippen LogP contribution < -0.4 is 5.32 Å². The smallest absolute Gasteiger partial charge is 0.342 e. The Morgan fingerprint density at radius 2 is 1.85 bits per heavy atom. The molecule has 2 aromatic rings. The van der Waals surface area contributed by atoms with Gasteiger partial charge in [-0.05, 0) is 38.0 Å². The van der Waals surface area contributed by atoms with Crippen LogP contribution in [-0.4, -0.2) is 29.6 Å². The maximum absolute atomic E-state index is 12.3. The number of phenols is 1. The summed E-state index contributed by atoms with van der Waals surface area (Å²) < 4.78 is 5.19. The summed E-state index contributed by atoms with van der Waals surface area (Å²) in [5, 5.41) is 12.6. The number of benzene rings is 2. The molecule has 5 nitrogen and oxygen atoms in total. The third-order valence-electron chi connectivity index (χ3n) is 4.31. The van der Waals surface area contributed by atoms with Crippen molar-refractivity contribution in [2.45, 2.75) is 39.2 Å². The van der Waals surface area contributed by atoms with Crippen molar-refractivity contribution in [1.82, 2.24) is 5.32 Å². The minimum atomic E-state index is -0.948. The molecule has 0 saturated carbocycles. The minimum Gasteiger partial charge on any atom is -0.507 e. The van der Waals surface area contributed by atoms with Gasteiger partial charge in [-0.15, -0.1) is 0 Å². The van der Waals surface area contributed by atoms with Gasteiger partial charge in [0.25, 0.3) is 5.91 Å². The van der Waals surface area contributed by atoms with Crippen LogP contribution in [0, 0.1) is 6.92 Å². The lowest BCUT2D eigenvalue weighted by atomic mass is 9.96. The number of carbonyl (C=O) groups is 2. The Morgan fingerprint density at radius 3 is 2.50 bits per heavy atom. The van der Waals surface area contributed by atoms with Crippen LogP contribution in [0.1, 0.15) is 47.7 Å². The highest BCUT2D eigenvalue weighted by Gasteiger charge is 2.21. The second-order valence-electron chi connectivity index (χ2n) is 6.33. The van der Waals surface area contributed by atoms with Gasteiger partial charge in [0.1, 0.15) is 11.3 Å². The van der Waals surface area contributed by atoms with Crippen LogP contribution in [0.3, 0.4) is 0 Å². The molecule has 0 heterocycles. The summed E-state index contributed by atoms with van der Waals surface area (Å²) in [6.07, 6.45) is -0.0639. The molecule has 26 heavy (non-hydrogen) atoms. The molecule has 1 amide bonds. The molecule has 0 aromatic heterocycles. The molecule has 2 N–H and O–H groups in total. The number of hydrogen-bond donors (Lipinski definition) is 2. The van der Waals surface area contributed by atoms with Crippen LogP contribution in [0.4, 0.5) is 0 Å². The van der Waals surface area contributed by atoms with Crippen molar-refractivity contribution in [3.8, 4) is 5.75 Å². The average molecular weight is 355 g/mol. The quantitative estimate of drug-likeness (QED) is 0.745. The maximum atomic E-state index is 12.3. The molecular formula is C21H25NO4. The molecule has 0 saturated heterocycles. The van der Waals surface area contributed by atoms with Crippen LogP contribution in [0.25, 0.3) is 0 Å². The highest BCUT2D eigenvalue weighted by Crippen LogP contribution is 2.20. The summed E-state index contributed by atoms with van der Waals surface area (Å²) in [5.74, 6) is -1.05. The number of amides is 1. The number of hydrogen-bond acceptors (Lipinski definition) is 4. The highest BCUT2D eigenvalue weighted by molar-refractivity contribution is 5.94. The number of rotatable bonds is 7.